The fraction of sp³-hybridized carbons (Fsp3) is 0. The average Bonchev–Trinajstić information content (AvgIpc) is 2.82. The Labute approximate surface area is 92.8 Å². The minimum Gasteiger partial charge on any atom is -0.493 e. The lowest BCUT2D eigenvalue weighted by molar-refractivity contribution is -0.402. The molecule has 0 fully saturated rings. The summed E-state index contributed by atoms with van der Waals surface area (Å²) in [5.41, 5.74) is -0.639. The van der Waals surface area contributed by atoms with E-state index >= 15 is 0 Å². The maximum Gasteiger partial charge on any atom is 0.433 e. The predicted molar refractivity (Wildman–Crippen MR) is 55.1 cm³/mol. The first-order valence-corrected chi connectivity index (χ1v) is 4.35. The Bertz CT molecular complexity index is 634. The van der Waals surface area contributed by atoms with Gasteiger partial charge >= 0.3 is 11.6 Å². The summed E-state index contributed by atoms with van der Waals surface area (Å²) in [5, 5.41) is 22.9. The van der Waals surface area contributed by atoms with Crippen molar-refractivity contribution in [3.63, 3.8) is 0 Å². The van der Waals surface area contributed by atoms with Gasteiger partial charge < -0.3 is 9.52 Å². The smallest absolute Gasteiger partial charge is 0.433 e. The molecule has 9 heteroatoms. The normalized spacial score (nSPS) is 11.1. The van der Waals surface area contributed by atoms with Crippen molar-refractivity contribution in [2.75, 3.05) is 0 Å². The van der Waals surface area contributed by atoms with E-state index in [0.717, 1.165) is 17.1 Å². The molecule has 0 aliphatic heterocycles. The fourth-order valence-corrected chi connectivity index (χ4v) is 1.09. The van der Waals surface area contributed by atoms with Gasteiger partial charge in [-0.15, -0.1) is 0 Å². The summed E-state index contributed by atoms with van der Waals surface area (Å²) in [4.78, 5) is 22.8. The molecule has 17 heavy (non-hydrogen) atoms. The number of aromatic amines is 1. The van der Waals surface area contributed by atoms with Crippen molar-refractivity contribution in [3.05, 3.63) is 44.7 Å². The molecule has 2 aromatic heterocycles. The molecule has 2 rings (SSSR count). The second-order valence-electron chi connectivity index (χ2n) is 2.97. The van der Waals surface area contributed by atoms with Crippen molar-refractivity contribution in [3.8, 4) is 5.88 Å². The van der Waals surface area contributed by atoms with Crippen LogP contribution in [-0.2, 0) is 0 Å². The Hall–Kier alpha value is -2.84. The van der Waals surface area contributed by atoms with Gasteiger partial charge in [0.1, 0.15) is 4.92 Å². The summed E-state index contributed by atoms with van der Waals surface area (Å²) in [7, 11) is 0. The zero-order valence-corrected chi connectivity index (χ0v) is 8.23. The summed E-state index contributed by atoms with van der Waals surface area (Å²) in [6.07, 6.45) is 2.16. The molecule has 0 saturated heterocycles. The molecule has 0 radical (unpaired) electrons. The van der Waals surface area contributed by atoms with E-state index in [2.05, 4.69) is 10.1 Å². The monoisotopic (exact) mass is 238 g/mol. The molecule has 88 valence electrons. The maximum absolute atomic E-state index is 11.1. The molecule has 0 unspecified atom stereocenters. The minimum atomic E-state index is -0.689. The zero-order chi connectivity index (χ0) is 12.4. The van der Waals surface area contributed by atoms with E-state index in [4.69, 9.17) is 9.52 Å². The number of nitrogens with one attached hydrogen (secondary N) is 1. The fourth-order valence-electron chi connectivity index (χ4n) is 1.09. The summed E-state index contributed by atoms with van der Waals surface area (Å²) in [6.45, 7) is 0. The van der Waals surface area contributed by atoms with Gasteiger partial charge in [-0.2, -0.15) is 9.78 Å². The first-order valence-electron chi connectivity index (χ1n) is 4.35. The standard InChI is InChI=1S/C8H6N4O5/c13-6-4-11(8(14)10-6)9-3-5-1-2-7(17-5)12(15)16/h1-4,13H,(H,10,14)/b9-3+. The van der Waals surface area contributed by atoms with Crippen LogP contribution in [0, 0.1) is 10.1 Å². The third-order valence-electron chi connectivity index (χ3n) is 1.79. The van der Waals surface area contributed by atoms with Gasteiger partial charge in [-0.3, -0.25) is 15.1 Å². The van der Waals surface area contributed by atoms with Gasteiger partial charge in [0.2, 0.25) is 5.88 Å². The molecule has 0 aliphatic rings. The molecule has 0 atom stereocenters. The van der Waals surface area contributed by atoms with Crippen LogP contribution in [0.5, 0.6) is 5.88 Å². The SMILES string of the molecule is O=c1[nH]c(O)cn1/N=C/c1ccc([N+](=O)[O-])o1. The number of rotatable bonds is 3. The van der Waals surface area contributed by atoms with Gasteiger partial charge in [0, 0.05) is 0 Å². The third-order valence-corrected chi connectivity index (χ3v) is 1.79. The summed E-state index contributed by atoms with van der Waals surface area (Å²) < 4.78 is 5.60. The van der Waals surface area contributed by atoms with Gasteiger partial charge in [-0.1, -0.05) is 0 Å². The molecule has 2 aromatic rings. The van der Waals surface area contributed by atoms with E-state index in [1.165, 1.54) is 12.1 Å². The second kappa shape index (κ2) is 3.96. The highest BCUT2D eigenvalue weighted by atomic mass is 16.6. The van der Waals surface area contributed by atoms with Crippen molar-refractivity contribution in [1.29, 1.82) is 0 Å². The maximum atomic E-state index is 11.1. The van der Waals surface area contributed by atoms with Crippen LogP contribution < -0.4 is 5.69 Å². The summed E-state index contributed by atoms with van der Waals surface area (Å²) >= 11 is 0. The molecular formula is C8H6N4O5. The molecule has 9 nitrogen and oxygen atoms in total. The van der Waals surface area contributed by atoms with Crippen LogP contribution in [-0.4, -0.2) is 25.9 Å². The van der Waals surface area contributed by atoms with Crippen molar-refractivity contribution in [1.82, 2.24) is 9.66 Å². The zero-order valence-electron chi connectivity index (χ0n) is 8.23. The first-order chi connectivity index (χ1) is 8.06. The molecule has 0 saturated carbocycles. The molecule has 2 heterocycles. The number of imidazole rings is 1. The van der Waals surface area contributed by atoms with Crippen LogP contribution in [0.15, 0.2) is 32.6 Å². The lowest BCUT2D eigenvalue weighted by atomic mass is 10.5. The largest absolute Gasteiger partial charge is 0.493 e. The lowest BCUT2D eigenvalue weighted by Gasteiger charge is -1.86. The third kappa shape index (κ3) is 2.22. The van der Waals surface area contributed by atoms with Gasteiger partial charge in [-0.25, -0.2) is 4.79 Å². The van der Waals surface area contributed by atoms with Gasteiger partial charge in [0.05, 0.1) is 18.5 Å². The van der Waals surface area contributed by atoms with Crippen LogP contribution in [0.25, 0.3) is 0 Å². The summed E-state index contributed by atoms with van der Waals surface area (Å²) in [6, 6.07) is 2.50. The minimum absolute atomic E-state index is 0.115. The van der Waals surface area contributed by atoms with E-state index < -0.39 is 16.5 Å². The quantitative estimate of drug-likeness (QED) is 0.450. The molecule has 0 spiro atoms. The van der Waals surface area contributed by atoms with Crippen molar-refractivity contribution >= 4 is 12.1 Å². The highest BCUT2D eigenvalue weighted by Gasteiger charge is 2.10. The van der Waals surface area contributed by atoms with Crippen LogP contribution in [0.2, 0.25) is 0 Å². The Morgan fingerprint density at radius 2 is 2.35 bits per heavy atom. The number of aromatic hydroxyl groups is 1. The number of hydrogen-bond acceptors (Lipinski definition) is 6. The molecular weight excluding hydrogens is 232 g/mol. The highest BCUT2D eigenvalue weighted by Crippen LogP contribution is 2.13. The number of nitro groups is 1. The predicted octanol–water partition coefficient (Wildman–Crippen LogP) is 0.265. The van der Waals surface area contributed by atoms with Crippen molar-refractivity contribution in [2.24, 2.45) is 5.10 Å². The molecule has 2 N–H and O–H groups in total. The van der Waals surface area contributed by atoms with E-state index in [1.807, 2.05) is 0 Å². The number of aromatic nitrogens is 2. The summed E-state index contributed by atoms with van der Waals surface area (Å²) in [5.74, 6) is -0.641. The number of furan rings is 1. The van der Waals surface area contributed by atoms with Crippen LogP contribution in [0.1, 0.15) is 5.76 Å². The van der Waals surface area contributed by atoms with Gasteiger partial charge in [0.25, 0.3) is 0 Å². The molecule has 0 aliphatic carbocycles. The second-order valence-corrected chi connectivity index (χ2v) is 2.97. The number of H-pyrrole nitrogens is 1. The lowest BCUT2D eigenvalue weighted by Crippen LogP contribution is -2.11. The van der Waals surface area contributed by atoms with Crippen LogP contribution >= 0.6 is 0 Å². The van der Waals surface area contributed by atoms with Gasteiger partial charge in [0.15, 0.2) is 5.76 Å². The molecule has 0 amide bonds. The van der Waals surface area contributed by atoms with E-state index in [1.54, 1.807) is 0 Å². The number of hydrogen-bond donors (Lipinski definition) is 2. The van der Waals surface area contributed by atoms with Crippen LogP contribution in [0.3, 0.4) is 0 Å². The Balaban J connectivity index is 2.23. The number of nitrogens with zero attached hydrogens (tertiary/aromatic N) is 3. The van der Waals surface area contributed by atoms with E-state index in [-0.39, 0.29) is 11.6 Å². The highest BCUT2D eigenvalue weighted by molar-refractivity contribution is 5.76. The topological polar surface area (TPSA) is 127 Å². The van der Waals surface area contributed by atoms with E-state index in [9.17, 15) is 14.9 Å². The molecule has 0 aromatic carbocycles. The van der Waals surface area contributed by atoms with Crippen molar-refractivity contribution in [2.45, 2.75) is 0 Å². The van der Waals surface area contributed by atoms with Gasteiger partial charge in [-0.05, 0) is 6.07 Å². The Morgan fingerprint density at radius 1 is 1.59 bits per heavy atom. The van der Waals surface area contributed by atoms with Crippen molar-refractivity contribution < 1.29 is 14.4 Å². The molecule has 0 bridgehead atoms. The Morgan fingerprint density at radius 3 is 2.88 bits per heavy atom. The van der Waals surface area contributed by atoms with E-state index in [0.29, 0.717) is 0 Å². The van der Waals surface area contributed by atoms with Crippen LogP contribution in [0.4, 0.5) is 5.88 Å². The first kappa shape index (κ1) is 10.7. The average molecular weight is 238 g/mol. The Kier molecular flexibility index (Phi) is 2.49.